The molecule has 2 unspecified atom stereocenters. The molecule has 1 aliphatic heterocycles. The van der Waals surface area contributed by atoms with E-state index in [9.17, 15) is 0 Å². The predicted molar refractivity (Wildman–Crippen MR) is 131 cm³/mol. The van der Waals surface area contributed by atoms with Gasteiger partial charge in [0.1, 0.15) is 0 Å². The summed E-state index contributed by atoms with van der Waals surface area (Å²) in [6.45, 7) is 13.4. The van der Waals surface area contributed by atoms with Crippen LogP contribution in [0.4, 0.5) is 11.4 Å². The number of nitrogens with one attached hydrogen (secondary N) is 1. The van der Waals surface area contributed by atoms with Gasteiger partial charge in [0.25, 0.3) is 0 Å². The van der Waals surface area contributed by atoms with Gasteiger partial charge in [-0.15, -0.1) is 0 Å². The summed E-state index contributed by atoms with van der Waals surface area (Å²) in [5.74, 6) is 0.921. The van der Waals surface area contributed by atoms with Crippen molar-refractivity contribution < 1.29 is 0 Å². The molecule has 3 rings (SSSR count). The molecule has 1 heterocycles. The third kappa shape index (κ3) is 5.46. The Morgan fingerprint density at radius 2 is 1.30 bits per heavy atom. The first-order valence-electron chi connectivity index (χ1n) is 11.4. The van der Waals surface area contributed by atoms with E-state index in [1.807, 2.05) is 18.2 Å². The van der Waals surface area contributed by atoms with Gasteiger partial charge in [-0.1, -0.05) is 64.1 Å². The number of para-hydroxylation sites is 2. The lowest BCUT2D eigenvalue weighted by atomic mass is 9.91. The van der Waals surface area contributed by atoms with Crippen molar-refractivity contribution >= 4 is 22.8 Å². The molecular weight excluding hydrogens is 366 g/mol. The highest BCUT2D eigenvalue weighted by molar-refractivity contribution is 5.93. The van der Waals surface area contributed by atoms with Crippen molar-refractivity contribution in [1.82, 2.24) is 5.32 Å². The average Bonchev–Trinajstić information content (AvgIpc) is 2.74. The molecule has 2 aromatic rings. The van der Waals surface area contributed by atoms with E-state index in [4.69, 9.17) is 9.98 Å². The molecule has 0 spiro atoms. The van der Waals surface area contributed by atoms with Gasteiger partial charge >= 0.3 is 0 Å². The van der Waals surface area contributed by atoms with E-state index in [0.29, 0.717) is 23.9 Å². The lowest BCUT2D eigenvalue weighted by Crippen LogP contribution is -2.49. The molecule has 160 valence electrons. The zero-order valence-electron chi connectivity index (χ0n) is 19.4. The highest BCUT2D eigenvalue weighted by Crippen LogP contribution is 2.35. The molecule has 0 aromatic heterocycles. The quantitative estimate of drug-likeness (QED) is 0.504. The summed E-state index contributed by atoms with van der Waals surface area (Å²) < 4.78 is 0. The van der Waals surface area contributed by atoms with Gasteiger partial charge in [-0.05, 0) is 68.2 Å². The second kappa shape index (κ2) is 10.2. The fraction of sp³-hybridized carbons (Fsp3) is 0.481. The van der Waals surface area contributed by atoms with Gasteiger partial charge in [0, 0.05) is 23.5 Å². The second-order valence-corrected chi connectivity index (χ2v) is 9.14. The smallest absolute Gasteiger partial charge is 0.0698 e. The summed E-state index contributed by atoms with van der Waals surface area (Å²) in [6.07, 6.45) is 3.46. The molecule has 30 heavy (non-hydrogen) atoms. The molecule has 1 N–H and O–H groups in total. The van der Waals surface area contributed by atoms with E-state index in [-0.39, 0.29) is 0 Å². The third-order valence-electron chi connectivity index (χ3n) is 6.09. The van der Waals surface area contributed by atoms with Gasteiger partial charge in [0.05, 0.1) is 11.4 Å². The van der Waals surface area contributed by atoms with Crippen molar-refractivity contribution in [1.29, 1.82) is 0 Å². The molecule has 1 aliphatic rings. The van der Waals surface area contributed by atoms with Crippen LogP contribution in [0.5, 0.6) is 0 Å². The summed E-state index contributed by atoms with van der Waals surface area (Å²) in [4.78, 5) is 10.1. The van der Waals surface area contributed by atoms with Crippen molar-refractivity contribution in [2.24, 2.45) is 9.98 Å². The van der Waals surface area contributed by atoms with Crippen molar-refractivity contribution in [3.63, 3.8) is 0 Å². The number of aliphatic imine (C=N–C) groups is 2. The number of rotatable bonds is 6. The fourth-order valence-electron chi connectivity index (χ4n) is 4.27. The molecule has 3 nitrogen and oxygen atoms in total. The maximum absolute atomic E-state index is 5.22. The van der Waals surface area contributed by atoms with Crippen LogP contribution in [0.1, 0.15) is 83.8 Å². The number of hydrogen-bond acceptors (Lipinski definition) is 3. The van der Waals surface area contributed by atoms with Crippen molar-refractivity contribution in [3.8, 4) is 0 Å². The zero-order chi connectivity index (χ0) is 21.7. The lowest BCUT2D eigenvalue weighted by Gasteiger charge is -2.31. The maximum atomic E-state index is 5.22. The second-order valence-electron chi connectivity index (χ2n) is 9.14. The SMILES string of the molecule is CC(=Nc1ccccc1)C1CCCC(C(C)=Nc2c(C(C)C)cccc2C(C)C)N1. The normalized spacial score (nSPS) is 20.8. The van der Waals surface area contributed by atoms with Gasteiger partial charge in [-0.3, -0.25) is 9.98 Å². The first-order chi connectivity index (χ1) is 14.4. The van der Waals surface area contributed by atoms with Crippen LogP contribution in [-0.2, 0) is 0 Å². The Bertz CT molecular complexity index is 867. The molecule has 1 fully saturated rings. The Kier molecular flexibility index (Phi) is 7.60. The number of benzene rings is 2. The van der Waals surface area contributed by atoms with Crippen molar-refractivity contribution in [3.05, 3.63) is 59.7 Å². The predicted octanol–water partition coefficient (Wildman–Crippen LogP) is 7.33. The summed E-state index contributed by atoms with van der Waals surface area (Å²) in [5.41, 5.74) is 7.23. The third-order valence-corrected chi connectivity index (χ3v) is 6.09. The van der Waals surface area contributed by atoms with Crippen LogP contribution in [-0.4, -0.2) is 23.5 Å². The molecule has 0 aliphatic carbocycles. The van der Waals surface area contributed by atoms with Crippen LogP contribution >= 0.6 is 0 Å². The minimum atomic E-state index is 0.296. The molecule has 0 saturated carbocycles. The molecule has 2 aromatic carbocycles. The van der Waals surface area contributed by atoms with Crippen LogP contribution in [0.15, 0.2) is 58.5 Å². The summed E-state index contributed by atoms with van der Waals surface area (Å²) in [6, 6.07) is 17.5. The largest absolute Gasteiger partial charge is 0.301 e. The highest BCUT2D eigenvalue weighted by Gasteiger charge is 2.25. The summed E-state index contributed by atoms with van der Waals surface area (Å²) >= 11 is 0. The van der Waals surface area contributed by atoms with Crippen LogP contribution in [0.25, 0.3) is 0 Å². The van der Waals surface area contributed by atoms with Crippen molar-refractivity contribution in [2.75, 3.05) is 0 Å². The van der Waals surface area contributed by atoms with Crippen LogP contribution < -0.4 is 5.32 Å². The summed E-state index contributed by atoms with van der Waals surface area (Å²) in [7, 11) is 0. The first kappa shape index (κ1) is 22.4. The number of nitrogens with zero attached hydrogens (tertiary/aromatic N) is 2. The molecule has 1 saturated heterocycles. The maximum Gasteiger partial charge on any atom is 0.0698 e. The number of hydrogen-bond donors (Lipinski definition) is 1. The Morgan fingerprint density at radius 3 is 1.83 bits per heavy atom. The first-order valence-corrected chi connectivity index (χ1v) is 11.4. The lowest BCUT2D eigenvalue weighted by molar-refractivity contribution is 0.427. The molecular formula is C27H37N3. The average molecular weight is 404 g/mol. The van der Waals surface area contributed by atoms with Gasteiger partial charge in [-0.25, -0.2) is 0 Å². The molecule has 3 heteroatoms. The van der Waals surface area contributed by atoms with Gasteiger partial charge in [0.2, 0.25) is 0 Å². The standard InChI is InChI=1S/C27H37N3/c1-18(2)23-14-10-15-24(19(3)4)27(23)29-21(6)26-17-11-16-25(30-26)20(5)28-22-12-8-7-9-13-22/h7-10,12-15,18-19,25-26,30H,11,16-17H2,1-6H3. The van der Waals surface area contributed by atoms with Gasteiger partial charge in [0.15, 0.2) is 0 Å². The van der Waals surface area contributed by atoms with E-state index in [1.54, 1.807) is 0 Å². The highest BCUT2D eigenvalue weighted by atomic mass is 15.0. The number of piperidine rings is 1. The van der Waals surface area contributed by atoms with Crippen LogP contribution in [0.3, 0.4) is 0 Å². The van der Waals surface area contributed by atoms with E-state index in [2.05, 4.69) is 77.2 Å². The zero-order valence-corrected chi connectivity index (χ0v) is 19.4. The van der Waals surface area contributed by atoms with Crippen LogP contribution in [0.2, 0.25) is 0 Å². The Balaban J connectivity index is 1.84. The minimum absolute atomic E-state index is 0.296. The topological polar surface area (TPSA) is 36.8 Å². The van der Waals surface area contributed by atoms with E-state index in [0.717, 1.165) is 24.2 Å². The molecule has 0 bridgehead atoms. The minimum Gasteiger partial charge on any atom is -0.301 e. The van der Waals surface area contributed by atoms with Gasteiger partial charge in [-0.2, -0.15) is 0 Å². The molecule has 0 amide bonds. The fourth-order valence-corrected chi connectivity index (χ4v) is 4.27. The van der Waals surface area contributed by atoms with E-state index in [1.165, 1.54) is 28.9 Å². The van der Waals surface area contributed by atoms with E-state index < -0.39 is 0 Å². The van der Waals surface area contributed by atoms with E-state index >= 15 is 0 Å². The Hall–Kier alpha value is -2.26. The summed E-state index contributed by atoms with van der Waals surface area (Å²) in [5, 5.41) is 3.83. The monoisotopic (exact) mass is 403 g/mol. The van der Waals surface area contributed by atoms with Gasteiger partial charge < -0.3 is 5.32 Å². The Labute approximate surface area is 182 Å². The van der Waals surface area contributed by atoms with Crippen LogP contribution in [0, 0.1) is 0 Å². The molecule has 2 atom stereocenters. The Morgan fingerprint density at radius 1 is 0.767 bits per heavy atom. The molecule has 0 radical (unpaired) electrons. The van der Waals surface area contributed by atoms with Crippen molar-refractivity contribution in [2.45, 2.75) is 84.7 Å².